The third-order valence-electron chi connectivity index (χ3n) is 6.98. The number of hydrogen-bond donors (Lipinski definition) is 1. The number of benzene rings is 4. The Bertz CT molecular complexity index is 1360. The highest BCUT2D eigenvalue weighted by molar-refractivity contribution is 5.96. The Labute approximate surface area is 230 Å². The molecule has 1 N–H and O–H groups in total. The predicted molar refractivity (Wildman–Crippen MR) is 155 cm³/mol. The number of carboxylic acid groups (broad SMARTS) is 1. The molecule has 5 heteroatoms. The van der Waals surface area contributed by atoms with Gasteiger partial charge >= 0.3 is 5.97 Å². The molecular weight excluding hydrogens is 486 g/mol. The van der Waals surface area contributed by atoms with Crippen molar-refractivity contribution in [1.29, 1.82) is 0 Å². The zero-order chi connectivity index (χ0) is 27.6. The summed E-state index contributed by atoms with van der Waals surface area (Å²) in [6.07, 6.45) is 2.13. The van der Waals surface area contributed by atoms with E-state index in [1.807, 2.05) is 91.5 Å². The molecule has 0 unspecified atom stereocenters. The Kier molecular flexibility index (Phi) is 9.52. The molecule has 4 aromatic carbocycles. The first-order valence-electron chi connectivity index (χ1n) is 13.4. The van der Waals surface area contributed by atoms with Crippen molar-refractivity contribution in [3.05, 3.63) is 130 Å². The van der Waals surface area contributed by atoms with Gasteiger partial charge in [-0.3, -0.25) is 9.59 Å². The summed E-state index contributed by atoms with van der Waals surface area (Å²) < 4.78 is 6.21. The maximum absolute atomic E-state index is 13.9. The van der Waals surface area contributed by atoms with Crippen molar-refractivity contribution in [3.63, 3.8) is 0 Å². The maximum atomic E-state index is 13.9. The van der Waals surface area contributed by atoms with Crippen LogP contribution in [0.2, 0.25) is 0 Å². The van der Waals surface area contributed by atoms with E-state index in [4.69, 9.17) is 9.84 Å². The second-order valence-corrected chi connectivity index (χ2v) is 9.78. The van der Waals surface area contributed by atoms with E-state index in [2.05, 4.69) is 24.3 Å². The minimum atomic E-state index is -0.812. The number of amides is 1. The van der Waals surface area contributed by atoms with E-state index in [-0.39, 0.29) is 12.3 Å². The molecule has 0 spiro atoms. The van der Waals surface area contributed by atoms with E-state index in [1.54, 1.807) is 0 Å². The van der Waals surface area contributed by atoms with Gasteiger partial charge in [-0.15, -0.1) is 0 Å². The van der Waals surface area contributed by atoms with Crippen LogP contribution in [0.15, 0.2) is 97.1 Å². The standard InChI is InChI=1S/C34H35NO4/c1-25-24-30(18-16-29(25)17-19-33(36)37)39-32-15-9-14-31(26(32)2)34(38)35(22-20-27-10-5-3-6-11-27)23-21-28-12-7-4-8-13-28/h3-16,18,24H,17,19-23H2,1-2H3,(H,36,37). The number of carbonyl (C=O) groups is 2. The molecule has 0 aromatic heterocycles. The molecule has 4 aromatic rings. The van der Waals surface area contributed by atoms with Gasteiger partial charge in [0.25, 0.3) is 5.91 Å². The second kappa shape index (κ2) is 13.4. The molecule has 0 aliphatic rings. The number of hydrogen-bond acceptors (Lipinski definition) is 3. The number of ether oxygens (including phenoxy) is 1. The first kappa shape index (κ1) is 27.6. The first-order chi connectivity index (χ1) is 18.9. The van der Waals surface area contributed by atoms with Crippen LogP contribution in [0.3, 0.4) is 0 Å². The van der Waals surface area contributed by atoms with Gasteiger partial charge in [-0.05, 0) is 79.6 Å². The predicted octanol–water partition coefficient (Wildman–Crippen LogP) is 7.04. The number of rotatable bonds is 12. The lowest BCUT2D eigenvalue weighted by Crippen LogP contribution is -2.35. The molecule has 0 heterocycles. The molecule has 0 atom stereocenters. The summed E-state index contributed by atoms with van der Waals surface area (Å²) in [5.74, 6) is 0.465. The fourth-order valence-electron chi connectivity index (χ4n) is 4.64. The molecule has 0 fully saturated rings. The Morgan fingerprint density at radius 1 is 0.744 bits per heavy atom. The third kappa shape index (κ3) is 7.81. The van der Waals surface area contributed by atoms with E-state index in [9.17, 15) is 9.59 Å². The summed E-state index contributed by atoms with van der Waals surface area (Å²) in [5, 5.41) is 8.98. The molecule has 0 aliphatic carbocycles. The average Bonchev–Trinajstić information content (AvgIpc) is 2.94. The van der Waals surface area contributed by atoms with Gasteiger partial charge < -0.3 is 14.7 Å². The van der Waals surface area contributed by atoms with E-state index in [0.717, 1.165) is 29.5 Å². The van der Waals surface area contributed by atoms with Crippen LogP contribution in [0.1, 0.15) is 44.6 Å². The molecule has 4 rings (SSSR count). The number of nitrogens with zero attached hydrogens (tertiary/aromatic N) is 1. The smallest absolute Gasteiger partial charge is 0.303 e. The lowest BCUT2D eigenvalue weighted by atomic mass is 10.0. The van der Waals surface area contributed by atoms with Crippen LogP contribution in [0.4, 0.5) is 0 Å². The molecule has 39 heavy (non-hydrogen) atoms. The van der Waals surface area contributed by atoms with Crippen LogP contribution in [0.5, 0.6) is 11.5 Å². The van der Waals surface area contributed by atoms with Gasteiger partial charge in [0.1, 0.15) is 11.5 Å². The fourth-order valence-corrected chi connectivity index (χ4v) is 4.64. The van der Waals surface area contributed by atoms with E-state index in [1.165, 1.54) is 11.1 Å². The zero-order valence-corrected chi connectivity index (χ0v) is 22.6. The van der Waals surface area contributed by atoms with Gasteiger partial charge in [0.2, 0.25) is 0 Å². The van der Waals surface area contributed by atoms with Crippen molar-refractivity contribution in [2.45, 2.75) is 39.5 Å². The lowest BCUT2D eigenvalue weighted by Gasteiger charge is -2.24. The lowest BCUT2D eigenvalue weighted by molar-refractivity contribution is -0.136. The Hall–Kier alpha value is -4.38. The van der Waals surface area contributed by atoms with Gasteiger partial charge in [0.05, 0.1) is 0 Å². The van der Waals surface area contributed by atoms with Crippen molar-refractivity contribution >= 4 is 11.9 Å². The van der Waals surface area contributed by atoms with Crippen molar-refractivity contribution in [2.24, 2.45) is 0 Å². The van der Waals surface area contributed by atoms with Crippen molar-refractivity contribution in [2.75, 3.05) is 13.1 Å². The number of aryl methyl sites for hydroxylation is 2. The normalized spacial score (nSPS) is 10.7. The largest absolute Gasteiger partial charge is 0.481 e. The van der Waals surface area contributed by atoms with Gasteiger partial charge in [0, 0.05) is 30.6 Å². The quantitative estimate of drug-likeness (QED) is 0.217. The highest BCUT2D eigenvalue weighted by atomic mass is 16.5. The number of carbonyl (C=O) groups excluding carboxylic acids is 1. The Balaban J connectivity index is 1.52. The summed E-state index contributed by atoms with van der Waals surface area (Å²) in [6, 6.07) is 31.7. The van der Waals surface area contributed by atoms with E-state index < -0.39 is 5.97 Å². The molecule has 0 radical (unpaired) electrons. The summed E-state index contributed by atoms with van der Waals surface area (Å²) in [4.78, 5) is 26.7. The molecule has 0 bridgehead atoms. The SMILES string of the molecule is Cc1cc(Oc2cccc(C(=O)N(CCc3ccccc3)CCc3ccccc3)c2C)ccc1CCC(=O)O. The minimum absolute atomic E-state index is 0.00925. The molecule has 1 amide bonds. The summed E-state index contributed by atoms with van der Waals surface area (Å²) >= 11 is 0. The summed E-state index contributed by atoms with van der Waals surface area (Å²) in [5.41, 5.74) is 5.78. The highest BCUT2D eigenvalue weighted by Crippen LogP contribution is 2.29. The second-order valence-electron chi connectivity index (χ2n) is 9.78. The van der Waals surface area contributed by atoms with Crippen molar-refractivity contribution in [1.82, 2.24) is 4.90 Å². The zero-order valence-electron chi connectivity index (χ0n) is 22.6. The number of aliphatic carboxylic acids is 1. The topological polar surface area (TPSA) is 66.8 Å². The monoisotopic (exact) mass is 521 g/mol. The Morgan fingerprint density at radius 2 is 1.36 bits per heavy atom. The number of carboxylic acids is 1. The molecule has 5 nitrogen and oxygen atoms in total. The van der Waals surface area contributed by atoms with Crippen LogP contribution in [0, 0.1) is 13.8 Å². The minimum Gasteiger partial charge on any atom is -0.481 e. The summed E-state index contributed by atoms with van der Waals surface area (Å²) in [7, 11) is 0. The van der Waals surface area contributed by atoms with Crippen molar-refractivity contribution < 1.29 is 19.4 Å². The first-order valence-corrected chi connectivity index (χ1v) is 13.4. The molecule has 0 aliphatic heterocycles. The average molecular weight is 522 g/mol. The van der Waals surface area contributed by atoms with Gasteiger partial charge in [-0.25, -0.2) is 0 Å². The third-order valence-corrected chi connectivity index (χ3v) is 6.98. The molecule has 0 saturated heterocycles. The van der Waals surface area contributed by atoms with Crippen molar-refractivity contribution in [3.8, 4) is 11.5 Å². The van der Waals surface area contributed by atoms with Crippen LogP contribution in [-0.4, -0.2) is 35.0 Å². The van der Waals surface area contributed by atoms with E-state index >= 15 is 0 Å². The van der Waals surface area contributed by atoms with E-state index in [0.29, 0.717) is 36.6 Å². The van der Waals surface area contributed by atoms with Gasteiger partial charge in [0.15, 0.2) is 0 Å². The van der Waals surface area contributed by atoms with Crippen LogP contribution in [-0.2, 0) is 24.1 Å². The fraction of sp³-hybridized carbons (Fsp3) is 0.235. The van der Waals surface area contributed by atoms with Gasteiger partial charge in [-0.2, -0.15) is 0 Å². The maximum Gasteiger partial charge on any atom is 0.303 e. The van der Waals surface area contributed by atoms with Gasteiger partial charge in [-0.1, -0.05) is 72.8 Å². The molecule has 200 valence electrons. The van der Waals surface area contributed by atoms with Crippen LogP contribution >= 0.6 is 0 Å². The highest BCUT2D eigenvalue weighted by Gasteiger charge is 2.20. The molecular formula is C34H35NO4. The molecule has 0 saturated carbocycles. The van der Waals surface area contributed by atoms with Crippen LogP contribution in [0.25, 0.3) is 0 Å². The van der Waals surface area contributed by atoms with Crippen LogP contribution < -0.4 is 4.74 Å². The summed E-state index contributed by atoms with van der Waals surface area (Å²) in [6.45, 7) is 5.12. The Morgan fingerprint density at radius 3 is 1.92 bits per heavy atom.